The van der Waals surface area contributed by atoms with E-state index >= 15 is 0 Å². The first-order valence-electron chi connectivity index (χ1n) is 9.70. The number of nitrogens with zero attached hydrogens (tertiary/aromatic N) is 4. The zero-order valence-corrected chi connectivity index (χ0v) is 16.1. The summed E-state index contributed by atoms with van der Waals surface area (Å²) < 4.78 is 5.56. The Kier molecular flexibility index (Phi) is 4.92. The van der Waals surface area contributed by atoms with E-state index in [1.165, 1.54) is 0 Å². The normalized spacial score (nSPS) is 23.3. The Morgan fingerprint density at radius 3 is 2.93 bits per heavy atom. The molecule has 2 aliphatic rings. The van der Waals surface area contributed by atoms with Gasteiger partial charge >= 0.3 is 0 Å². The van der Waals surface area contributed by atoms with Crippen LogP contribution in [0.1, 0.15) is 55.9 Å². The predicted octanol–water partition coefficient (Wildman–Crippen LogP) is 5.04. The Morgan fingerprint density at radius 2 is 2.19 bits per heavy atom. The summed E-state index contributed by atoms with van der Waals surface area (Å²) in [7, 11) is 0. The summed E-state index contributed by atoms with van der Waals surface area (Å²) in [6.45, 7) is 9.47. The van der Waals surface area contributed by atoms with Crippen LogP contribution >= 0.6 is 0 Å². The van der Waals surface area contributed by atoms with Gasteiger partial charge < -0.3 is 9.42 Å². The molecule has 1 saturated heterocycles. The smallest absolute Gasteiger partial charge is 0.257 e. The fraction of sp³-hybridized carbons (Fsp3) is 0.409. The van der Waals surface area contributed by atoms with E-state index in [0.717, 1.165) is 60.7 Å². The first kappa shape index (κ1) is 17.7. The van der Waals surface area contributed by atoms with E-state index in [2.05, 4.69) is 52.8 Å². The van der Waals surface area contributed by atoms with Crippen LogP contribution in [0.4, 0.5) is 5.69 Å². The van der Waals surface area contributed by atoms with Crippen LogP contribution in [0, 0.1) is 12.8 Å². The highest BCUT2D eigenvalue weighted by Crippen LogP contribution is 2.34. The first-order chi connectivity index (χ1) is 13.1. The van der Waals surface area contributed by atoms with Crippen LogP contribution in [0.25, 0.3) is 5.57 Å². The van der Waals surface area contributed by atoms with Crippen molar-refractivity contribution in [2.24, 2.45) is 5.92 Å². The molecule has 2 atom stereocenters. The molecule has 0 spiro atoms. The molecule has 1 fully saturated rings. The van der Waals surface area contributed by atoms with E-state index in [0.29, 0.717) is 11.8 Å². The molecule has 0 amide bonds. The topological polar surface area (TPSA) is 55.1 Å². The molecule has 3 heterocycles. The second-order valence-electron chi connectivity index (χ2n) is 7.61. The van der Waals surface area contributed by atoms with Crippen molar-refractivity contribution in [1.29, 1.82) is 0 Å². The first-order valence-corrected chi connectivity index (χ1v) is 9.70. The average molecular weight is 362 g/mol. The van der Waals surface area contributed by atoms with Crippen molar-refractivity contribution < 1.29 is 4.52 Å². The zero-order chi connectivity index (χ0) is 18.8. The number of aromatic nitrogens is 3. The van der Waals surface area contributed by atoms with Crippen LogP contribution in [0.2, 0.25) is 0 Å². The Labute approximate surface area is 160 Å². The summed E-state index contributed by atoms with van der Waals surface area (Å²) in [6, 6.07) is 4.16. The van der Waals surface area contributed by atoms with E-state index in [9.17, 15) is 0 Å². The molecule has 0 bridgehead atoms. The van der Waals surface area contributed by atoms with Gasteiger partial charge in [0.15, 0.2) is 5.82 Å². The molecule has 1 aliphatic heterocycles. The average Bonchev–Trinajstić information content (AvgIpc) is 3.08. The van der Waals surface area contributed by atoms with E-state index in [1.54, 1.807) is 0 Å². The third-order valence-corrected chi connectivity index (χ3v) is 5.37. The van der Waals surface area contributed by atoms with Gasteiger partial charge in [0.25, 0.3) is 5.89 Å². The van der Waals surface area contributed by atoms with Crippen molar-refractivity contribution in [3.63, 3.8) is 0 Å². The summed E-state index contributed by atoms with van der Waals surface area (Å²) in [5.74, 6) is 2.24. The van der Waals surface area contributed by atoms with Crippen LogP contribution in [0.5, 0.6) is 0 Å². The maximum Gasteiger partial charge on any atom is 0.257 e. The number of allylic oxidation sites excluding steroid dienone is 5. The maximum absolute atomic E-state index is 5.56. The van der Waals surface area contributed by atoms with Crippen LogP contribution in [0.3, 0.4) is 0 Å². The molecular formula is C22H26N4O. The molecule has 27 heavy (non-hydrogen) atoms. The highest BCUT2D eigenvalue weighted by atomic mass is 16.5. The lowest BCUT2D eigenvalue weighted by Crippen LogP contribution is -2.21. The molecule has 0 radical (unpaired) electrons. The predicted molar refractivity (Wildman–Crippen MR) is 107 cm³/mol. The third-order valence-electron chi connectivity index (χ3n) is 5.37. The van der Waals surface area contributed by atoms with Gasteiger partial charge in [-0.3, -0.25) is 4.98 Å². The second-order valence-corrected chi connectivity index (χ2v) is 7.61. The Morgan fingerprint density at radius 1 is 1.30 bits per heavy atom. The Hall–Kier alpha value is -2.69. The summed E-state index contributed by atoms with van der Waals surface area (Å²) in [6.07, 6.45) is 12.3. The minimum atomic E-state index is 0.241. The molecule has 2 aromatic heterocycles. The SMILES string of the molecule is C=C1CC(c2noc(C3=CCC(C)C=C3)n2)CCCN1c1ccc(C)nc1. The quantitative estimate of drug-likeness (QED) is 0.765. The van der Waals surface area contributed by atoms with Gasteiger partial charge in [-0.05, 0) is 50.7 Å². The molecule has 0 aromatic carbocycles. The number of rotatable bonds is 3. The number of hydrogen-bond donors (Lipinski definition) is 0. The fourth-order valence-corrected chi connectivity index (χ4v) is 3.71. The molecule has 2 aromatic rings. The largest absolute Gasteiger partial charge is 0.344 e. The summed E-state index contributed by atoms with van der Waals surface area (Å²) in [5, 5.41) is 4.29. The highest BCUT2D eigenvalue weighted by Gasteiger charge is 2.26. The molecule has 1 aliphatic carbocycles. The lowest BCUT2D eigenvalue weighted by molar-refractivity contribution is 0.393. The second kappa shape index (κ2) is 7.51. The molecule has 5 heteroatoms. The van der Waals surface area contributed by atoms with Crippen LogP contribution in [-0.2, 0) is 0 Å². The van der Waals surface area contributed by atoms with E-state index < -0.39 is 0 Å². The van der Waals surface area contributed by atoms with Crippen LogP contribution in [0.15, 0.2) is 53.4 Å². The van der Waals surface area contributed by atoms with Gasteiger partial charge in [0.05, 0.1) is 11.9 Å². The van der Waals surface area contributed by atoms with Crippen LogP contribution in [-0.4, -0.2) is 21.7 Å². The summed E-state index contributed by atoms with van der Waals surface area (Å²) in [4.78, 5) is 11.4. The molecule has 5 nitrogen and oxygen atoms in total. The fourth-order valence-electron chi connectivity index (χ4n) is 3.71. The molecule has 0 saturated carbocycles. The van der Waals surface area contributed by atoms with Gasteiger partial charge in [0.1, 0.15) is 0 Å². The van der Waals surface area contributed by atoms with Gasteiger partial charge in [0.2, 0.25) is 0 Å². The van der Waals surface area contributed by atoms with Crippen molar-refractivity contribution >= 4 is 11.3 Å². The minimum Gasteiger partial charge on any atom is -0.344 e. The number of aryl methyl sites for hydroxylation is 1. The van der Waals surface area contributed by atoms with Crippen LogP contribution < -0.4 is 4.90 Å². The van der Waals surface area contributed by atoms with Crippen molar-refractivity contribution in [1.82, 2.24) is 15.1 Å². The van der Waals surface area contributed by atoms with E-state index in [4.69, 9.17) is 9.51 Å². The summed E-state index contributed by atoms with van der Waals surface area (Å²) >= 11 is 0. The molecule has 2 unspecified atom stereocenters. The monoisotopic (exact) mass is 362 g/mol. The highest BCUT2D eigenvalue weighted by molar-refractivity contribution is 5.69. The molecular weight excluding hydrogens is 336 g/mol. The van der Waals surface area contributed by atoms with Gasteiger partial charge in [-0.2, -0.15) is 4.98 Å². The Bertz CT molecular complexity index is 878. The number of pyridine rings is 1. The maximum atomic E-state index is 5.56. The van der Waals surface area contributed by atoms with Gasteiger partial charge in [-0.15, -0.1) is 0 Å². The van der Waals surface area contributed by atoms with Gasteiger partial charge in [-0.1, -0.05) is 36.9 Å². The lowest BCUT2D eigenvalue weighted by Gasteiger charge is -2.24. The number of hydrogen-bond acceptors (Lipinski definition) is 5. The van der Waals surface area contributed by atoms with Gasteiger partial charge in [0, 0.05) is 29.4 Å². The lowest BCUT2D eigenvalue weighted by atomic mass is 9.98. The van der Waals surface area contributed by atoms with Gasteiger partial charge in [-0.25, -0.2) is 0 Å². The van der Waals surface area contributed by atoms with Crippen molar-refractivity contribution in [2.45, 2.75) is 45.4 Å². The molecule has 4 rings (SSSR count). The van der Waals surface area contributed by atoms with Crippen molar-refractivity contribution in [3.05, 3.63) is 66.2 Å². The zero-order valence-electron chi connectivity index (χ0n) is 16.1. The minimum absolute atomic E-state index is 0.241. The van der Waals surface area contributed by atoms with E-state index in [-0.39, 0.29) is 5.92 Å². The molecule has 140 valence electrons. The van der Waals surface area contributed by atoms with Crippen molar-refractivity contribution in [2.75, 3.05) is 11.4 Å². The Balaban J connectivity index is 1.49. The van der Waals surface area contributed by atoms with E-state index in [1.807, 2.05) is 19.2 Å². The summed E-state index contributed by atoms with van der Waals surface area (Å²) in [5.41, 5.74) is 4.25. The number of anilines is 1. The standard InChI is InChI=1S/C22H26N4O/c1-15-6-9-18(10-7-15)22-24-21(25-27-22)19-5-4-12-26(17(3)13-19)20-11-8-16(2)23-14-20/h6,8-11,14-15,19H,3-5,7,12-13H2,1-2H3. The molecule has 0 N–H and O–H groups in total. The van der Waals surface area contributed by atoms with Crippen molar-refractivity contribution in [3.8, 4) is 0 Å². The third kappa shape index (κ3) is 3.87.